The molecule has 0 unspecified atom stereocenters. The van der Waals surface area contributed by atoms with Crippen LogP contribution in [-0.4, -0.2) is 19.3 Å². The van der Waals surface area contributed by atoms with E-state index in [1.165, 1.54) is 42.5 Å². The van der Waals surface area contributed by atoms with Crippen molar-refractivity contribution < 1.29 is 17.6 Å². The number of nitrogens with zero attached hydrogens (tertiary/aromatic N) is 1. The van der Waals surface area contributed by atoms with Crippen LogP contribution in [0.4, 0.5) is 10.1 Å². The molecular weight excluding hydrogens is 369 g/mol. The van der Waals surface area contributed by atoms with Crippen molar-refractivity contribution in [3.8, 4) is 0 Å². The lowest BCUT2D eigenvalue weighted by atomic mass is 10.2. The lowest BCUT2D eigenvalue weighted by Gasteiger charge is -2.10. The normalized spacial score (nSPS) is 11.0. The molecule has 0 fully saturated rings. The molecule has 0 saturated heterocycles. The maximum Gasteiger partial charge on any atom is 0.261 e. The number of sulfonamides is 1. The average Bonchev–Trinajstić information content (AvgIpc) is 2.69. The van der Waals surface area contributed by atoms with E-state index in [-0.39, 0.29) is 16.5 Å². The van der Waals surface area contributed by atoms with E-state index in [0.717, 1.165) is 11.6 Å². The quantitative estimate of drug-likeness (QED) is 0.683. The molecule has 0 radical (unpaired) electrons. The highest BCUT2D eigenvalue weighted by atomic mass is 32.2. The molecule has 0 aliphatic rings. The summed E-state index contributed by atoms with van der Waals surface area (Å²) in [7, 11) is -3.96. The number of halogens is 1. The summed E-state index contributed by atoms with van der Waals surface area (Å²) in [5.41, 5.74) is 1.01. The minimum absolute atomic E-state index is 0.0745. The zero-order valence-electron chi connectivity index (χ0n) is 14.1. The van der Waals surface area contributed by atoms with Gasteiger partial charge in [0, 0.05) is 24.5 Å². The van der Waals surface area contributed by atoms with Crippen molar-refractivity contribution in [2.45, 2.75) is 11.4 Å². The SMILES string of the molecule is O=C(NCc1cccnc1)c1ccc(S(=O)(=O)Nc2ccccc2F)cc1. The molecule has 2 aromatic carbocycles. The number of carbonyl (C=O) groups is 1. The van der Waals surface area contributed by atoms with Crippen molar-refractivity contribution in [1.82, 2.24) is 10.3 Å². The van der Waals surface area contributed by atoms with Crippen LogP contribution in [0.1, 0.15) is 15.9 Å². The zero-order valence-corrected chi connectivity index (χ0v) is 14.9. The third kappa shape index (κ3) is 4.68. The molecule has 8 heteroatoms. The van der Waals surface area contributed by atoms with Crippen LogP contribution in [0.3, 0.4) is 0 Å². The van der Waals surface area contributed by atoms with Gasteiger partial charge in [-0.05, 0) is 48.0 Å². The van der Waals surface area contributed by atoms with E-state index in [2.05, 4.69) is 15.0 Å². The third-order valence-corrected chi connectivity index (χ3v) is 5.10. The van der Waals surface area contributed by atoms with Gasteiger partial charge in [-0.2, -0.15) is 0 Å². The van der Waals surface area contributed by atoms with Gasteiger partial charge in [0.15, 0.2) is 0 Å². The van der Waals surface area contributed by atoms with Crippen LogP contribution in [0.15, 0.2) is 78.0 Å². The van der Waals surface area contributed by atoms with Crippen LogP contribution in [0.5, 0.6) is 0 Å². The topological polar surface area (TPSA) is 88.2 Å². The Morgan fingerprint density at radius 3 is 2.41 bits per heavy atom. The first-order valence-corrected chi connectivity index (χ1v) is 9.48. The van der Waals surface area contributed by atoms with E-state index in [9.17, 15) is 17.6 Å². The van der Waals surface area contributed by atoms with Crippen molar-refractivity contribution >= 4 is 21.6 Å². The first-order chi connectivity index (χ1) is 13.0. The van der Waals surface area contributed by atoms with Crippen LogP contribution < -0.4 is 10.0 Å². The second-order valence-electron chi connectivity index (χ2n) is 5.65. The van der Waals surface area contributed by atoms with Crippen molar-refractivity contribution in [2.75, 3.05) is 4.72 Å². The highest BCUT2D eigenvalue weighted by Crippen LogP contribution is 2.19. The molecular formula is C19H16FN3O3S. The zero-order chi connectivity index (χ0) is 19.3. The molecule has 3 rings (SSSR count). The average molecular weight is 385 g/mol. The van der Waals surface area contributed by atoms with Crippen molar-refractivity contribution in [2.24, 2.45) is 0 Å². The van der Waals surface area contributed by atoms with E-state index < -0.39 is 15.8 Å². The lowest BCUT2D eigenvalue weighted by Crippen LogP contribution is -2.23. The van der Waals surface area contributed by atoms with Gasteiger partial charge in [-0.3, -0.25) is 14.5 Å². The minimum atomic E-state index is -3.96. The Morgan fingerprint density at radius 2 is 1.74 bits per heavy atom. The summed E-state index contributed by atoms with van der Waals surface area (Å²) in [5.74, 6) is -1.02. The molecule has 1 heterocycles. The van der Waals surface area contributed by atoms with Gasteiger partial charge < -0.3 is 5.32 Å². The monoisotopic (exact) mass is 385 g/mol. The minimum Gasteiger partial charge on any atom is -0.348 e. The number of pyridine rings is 1. The number of para-hydroxylation sites is 1. The van der Waals surface area contributed by atoms with Crippen LogP contribution in [-0.2, 0) is 16.6 Å². The highest BCUT2D eigenvalue weighted by molar-refractivity contribution is 7.92. The van der Waals surface area contributed by atoms with E-state index >= 15 is 0 Å². The number of nitrogens with one attached hydrogen (secondary N) is 2. The first kappa shape index (κ1) is 18.5. The van der Waals surface area contributed by atoms with Gasteiger partial charge in [0.05, 0.1) is 10.6 Å². The second kappa shape index (κ2) is 7.96. The Bertz CT molecular complexity index is 1040. The number of hydrogen-bond donors (Lipinski definition) is 2. The van der Waals surface area contributed by atoms with Gasteiger partial charge in [0.2, 0.25) is 0 Å². The molecule has 6 nitrogen and oxygen atoms in total. The number of amides is 1. The molecule has 0 spiro atoms. The number of carbonyl (C=O) groups excluding carboxylic acids is 1. The van der Waals surface area contributed by atoms with Crippen molar-refractivity contribution in [3.05, 3.63) is 90.0 Å². The fourth-order valence-electron chi connectivity index (χ4n) is 2.32. The fourth-order valence-corrected chi connectivity index (χ4v) is 3.39. The van der Waals surface area contributed by atoms with Gasteiger partial charge in [-0.25, -0.2) is 12.8 Å². The number of anilines is 1. The third-order valence-electron chi connectivity index (χ3n) is 3.72. The number of benzene rings is 2. The molecule has 0 aliphatic carbocycles. The summed E-state index contributed by atoms with van der Waals surface area (Å²) in [6, 6.07) is 14.5. The molecule has 3 aromatic rings. The predicted octanol–water partition coefficient (Wildman–Crippen LogP) is 2.95. The van der Waals surface area contributed by atoms with E-state index in [1.807, 2.05) is 6.07 Å². The van der Waals surface area contributed by atoms with E-state index in [4.69, 9.17) is 0 Å². The molecule has 27 heavy (non-hydrogen) atoms. The predicted molar refractivity (Wildman–Crippen MR) is 99.1 cm³/mol. The van der Waals surface area contributed by atoms with Crippen molar-refractivity contribution in [1.29, 1.82) is 0 Å². The molecule has 0 bridgehead atoms. The Balaban J connectivity index is 1.69. The summed E-state index contributed by atoms with van der Waals surface area (Å²) in [4.78, 5) is 16.1. The van der Waals surface area contributed by atoms with Gasteiger partial charge >= 0.3 is 0 Å². The molecule has 0 atom stereocenters. The summed E-state index contributed by atoms with van der Waals surface area (Å²) in [5, 5.41) is 2.73. The lowest BCUT2D eigenvalue weighted by molar-refractivity contribution is 0.0951. The van der Waals surface area contributed by atoms with Gasteiger partial charge in [-0.15, -0.1) is 0 Å². The maximum absolute atomic E-state index is 13.6. The molecule has 2 N–H and O–H groups in total. The standard InChI is InChI=1S/C19H16FN3O3S/c20-17-5-1-2-6-18(17)23-27(25,26)16-9-7-15(8-10-16)19(24)22-13-14-4-3-11-21-12-14/h1-12,23H,13H2,(H,22,24). The largest absolute Gasteiger partial charge is 0.348 e. The maximum atomic E-state index is 13.6. The van der Waals surface area contributed by atoms with Crippen LogP contribution >= 0.6 is 0 Å². The summed E-state index contributed by atoms with van der Waals surface area (Å²) < 4.78 is 40.6. The fraction of sp³-hybridized carbons (Fsp3) is 0.0526. The smallest absolute Gasteiger partial charge is 0.261 e. The van der Waals surface area contributed by atoms with Crippen molar-refractivity contribution in [3.63, 3.8) is 0 Å². The molecule has 138 valence electrons. The second-order valence-corrected chi connectivity index (χ2v) is 7.34. The van der Waals surface area contributed by atoms with Gasteiger partial charge in [0.1, 0.15) is 5.82 Å². The van der Waals surface area contributed by atoms with Crippen LogP contribution in [0.25, 0.3) is 0 Å². The summed E-state index contributed by atoms with van der Waals surface area (Å²) >= 11 is 0. The number of aromatic nitrogens is 1. The molecule has 1 amide bonds. The first-order valence-electron chi connectivity index (χ1n) is 8.00. The van der Waals surface area contributed by atoms with Crippen LogP contribution in [0, 0.1) is 5.82 Å². The van der Waals surface area contributed by atoms with E-state index in [0.29, 0.717) is 12.1 Å². The van der Waals surface area contributed by atoms with E-state index in [1.54, 1.807) is 18.5 Å². The Labute approximate surface area is 156 Å². The number of hydrogen-bond acceptors (Lipinski definition) is 4. The molecule has 1 aromatic heterocycles. The highest BCUT2D eigenvalue weighted by Gasteiger charge is 2.17. The Morgan fingerprint density at radius 1 is 1.00 bits per heavy atom. The Hall–Kier alpha value is -3.26. The molecule has 0 aliphatic heterocycles. The summed E-state index contributed by atoms with van der Waals surface area (Å²) in [6.45, 7) is 0.307. The molecule has 0 saturated carbocycles. The number of rotatable bonds is 6. The van der Waals surface area contributed by atoms with Crippen LogP contribution in [0.2, 0.25) is 0 Å². The Kier molecular flexibility index (Phi) is 5.46. The summed E-state index contributed by atoms with van der Waals surface area (Å²) in [6.07, 6.45) is 3.28. The van der Waals surface area contributed by atoms with Gasteiger partial charge in [-0.1, -0.05) is 18.2 Å². The van der Waals surface area contributed by atoms with Gasteiger partial charge in [0.25, 0.3) is 15.9 Å².